The monoisotopic (exact) mass is 192 g/mol. The van der Waals surface area contributed by atoms with Crippen LogP contribution in [-0.4, -0.2) is 16.0 Å². The Morgan fingerprint density at radius 3 is 3.00 bits per heavy atom. The molecule has 3 N–H and O–H groups in total. The van der Waals surface area contributed by atoms with Gasteiger partial charge in [-0.05, 0) is 31.2 Å². The molecule has 1 saturated carbocycles. The fraction of sp³-hybridized carbons (Fsp3) is 0.600. The topological polar surface area (TPSA) is 63.8 Å². The number of hydrogen-bond donors (Lipinski definition) is 2. The summed E-state index contributed by atoms with van der Waals surface area (Å²) in [6, 6.07) is 2.21. The Balaban J connectivity index is 2.01. The van der Waals surface area contributed by atoms with Crippen molar-refractivity contribution < 1.29 is 0 Å². The quantitative estimate of drug-likeness (QED) is 0.761. The molecule has 1 aromatic rings. The van der Waals surface area contributed by atoms with E-state index in [2.05, 4.69) is 22.2 Å². The maximum atomic E-state index is 5.58. The molecule has 0 bridgehead atoms. The lowest BCUT2D eigenvalue weighted by molar-refractivity contribution is 0.611. The highest BCUT2D eigenvalue weighted by Gasteiger charge is 2.30. The Labute approximate surface area is 83.9 Å². The molecule has 1 aromatic heterocycles. The van der Waals surface area contributed by atoms with Gasteiger partial charge in [-0.2, -0.15) is 4.98 Å². The lowest BCUT2D eigenvalue weighted by Gasteiger charge is -2.15. The zero-order chi connectivity index (χ0) is 9.97. The maximum Gasteiger partial charge on any atom is 0.224 e. The highest BCUT2D eigenvalue weighted by Crippen LogP contribution is 2.35. The van der Waals surface area contributed by atoms with E-state index in [9.17, 15) is 0 Å². The smallest absolute Gasteiger partial charge is 0.224 e. The zero-order valence-corrected chi connectivity index (χ0v) is 8.40. The summed E-state index contributed by atoms with van der Waals surface area (Å²) < 4.78 is 0. The van der Waals surface area contributed by atoms with Gasteiger partial charge in [-0.15, -0.1) is 0 Å². The van der Waals surface area contributed by atoms with Gasteiger partial charge in [0.05, 0.1) is 0 Å². The summed E-state index contributed by atoms with van der Waals surface area (Å²) in [7, 11) is 0. The maximum absolute atomic E-state index is 5.58. The number of nitrogen functional groups attached to an aromatic ring is 1. The molecule has 1 heterocycles. The molecule has 0 amide bonds. The first kappa shape index (κ1) is 9.24. The van der Waals surface area contributed by atoms with Gasteiger partial charge in [0.1, 0.15) is 5.82 Å². The van der Waals surface area contributed by atoms with E-state index >= 15 is 0 Å². The normalized spacial score (nSPS) is 17.8. The second-order valence-corrected chi connectivity index (χ2v) is 3.80. The minimum Gasteiger partial charge on any atom is -0.384 e. The summed E-state index contributed by atoms with van der Waals surface area (Å²) in [6.07, 6.45) is 5.45. The van der Waals surface area contributed by atoms with Crippen LogP contribution in [0.1, 0.15) is 26.2 Å². The van der Waals surface area contributed by atoms with Crippen molar-refractivity contribution in [2.75, 3.05) is 11.1 Å². The van der Waals surface area contributed by atoms with E-state index in [1.807, 2.05) is 0 Å². The average Bonchev–Trinajstić information content (AvgIpc) is 2.97. The van der Waals surface area contributed by atoms with Crippen molar-refractivity contribution in [1.82, 2.24) is 9.97 Å². The van der Waals surface area contributed by atoms with Crippen LogP contribution in [0.2, 0.25) is 0 Å². The molecule has 14 heavy (non-hydrogen) atoms. The minimum absolute atomic E-state index is 0.511. The summed E-state index contributed by atoms with van der Waals surface area (Å²) >= 11 is 0. The molecule has 1 aliphatic carbocycles. The summed E-state index contributed by atoms with van der Waals surface area (Å²) in [5.74, 6) is 1.99. The number of rotatable bonds is 4. The molecule has 0 radical (unpaired) electrons. The average molecular weight is 192 g/mol. The Hall–Kier alpha value is -1.32. The fourth-order valence-corrected chi connectivity index (χ4v) is 1.66. The minimum atomic E-state index is 0.511. The van der Waals surface area contributed by atoms with Crippen LogP contribution >= 0.6 is 0 Å². The predicted octanol–water partition coefficient (Wildman–Crippen LogP) is 1.66. The largest absolute Gasteiger partial charge is 0.384 e. The molecule has 1 aliphatic rings. The molecule has 1 fully saturated rings. The summed E-state index contributed by atoms with van der Waals surface area (Å²) in [4.78, 5) is 8.26. The molecule has 0 saturated heterocycles. The summed E-state index contributed by atoms with van der Waals surface area (Å²) in [5.41, 5.74) is 5.58. The molecule has 0 aliphatic heterocycles. The van der Waals surface area contributed by atoms with Gasteiger partial charge >= 0.3 is 0 Å². The second-order valence-electron chi connectivity index (χ2n) is 3.80. The van der Waals surface area contributed by atoms with Crippen LogP contribution in [0, 0.1) is 5.92 Å². The highest BCUT2D eigenvalue weighted by molar-refractivity contribution is 5.36. The van der Waals surface area contributed by atoms with E-state index in [0.29, 0.717) is 17.8 Å². The van der Waals surface area contributed by atoms with Crippen LogP contribution in [0.3, 0.4) is 0 Å². The van der Waals surface area contributed by atoms with Crippen LogP contribution in [0.25, 0.3) is 0 Å². The molecule has 0 spiro atoms. The van der Waals surface area contributed by atoms with E-state index in [1.54, 1.807) is 12.3 Å². The van der Waals surface area contributed by atoms with E-state index < -0.39 is 0 Å². The SMILES string of the molecule is CCC(Nc1nccc(N)n1)C1CC1. The third-order valence-electron chi connectivity index (χ3n) is 2.62. The van der Waals surface area contributed by atoms with Crippen molar-refractivity contribution >= 4 is 11.8 Å². The molecular formula is C10H16N4. The van der Waals surface area contributed by atoms with Crippen molar-refractivity contribution in [2.45, 2.75) is 32.2 Å². The van der Waals surface area contributed by atoms with Gasteiger partial charge in [-0.3, -0.25) is 0 Å². The van der Waals surface area contributed by atoms with Gasteiger partial charge < -0.3 is 11.1 Å². The molecular weight excluding hydrogens is 176 g/mol. The first-order valence-corrected chi connectivity index (χ1v) is 5.14. The number of nitrogens with two attached hydrogens (primary N) is 1. The van der Waals surface area contributed by atoms with E-state index in [0.717, 1.165) is 12.3 Å². The van der Waals surface area contributed by atoms with Crippen molar-refractivity contribution in [2.24, 2.45) is 5.92 Å². The van der Waals surface area contributed by atoms with Gasteiger partial charge in [-0.1, -0.05) is 6.92 Å². The highest BCUT2D eigenvalue weighted by atomic mass is 15.1. The van der Waals surface area contributed by atoms with Crippen LogP contribution in [0.15, 0.2) is 12.3 Å². The van der Waals surface area contributed by atoms with Gasteiger partial charge in [0.15, 0.2) is 0 Å². The second kappa shape index (κ2) is 3.82. The zero-order valence-electron chi connectivity index (χ0n) is 8.40. The van der Waals surface area contributed by atoms with Gasteiger partial charge in [0.2, 0.25) is 5.95 Å². The van der Waals surface area contributed by atoms with Crippen LogP contribution in [-0.2, 0) is 0 Å². The molecule has 2 rings (SSSR count). The van der Waals surface area contributed by atoms with E-state index in [4.69, 9.17) is 5.73 Å². The summed E-state index contributed by atoms with van der Waals surface area (Å²) in [6.45, 7) is 2.18. The number of nitrogens with one attached hydrogen (secondary N) is 1. The Morgan fingerprint density at radius 1 is 1.64 bits per heavy atom. The number of hydrogen-bond acceptors (Lipinski definition) is 4. The van der Waals surface area contributed by atoms with Crippen LogP contribution in [0.5, 0.6) is 0 Å². The number of nitrogens with zero attached hydrogens (tertiary/aromatic N) is 2. The van der Waals surface area contributed by atoms with Crippen molar-refractivity contribution in [3.63, 3.8) is 0 Å². The molecule has 76 valence electrons. The molecule has 4 heteroatoms. The fourth-order valence-electron chi connectivity index (χ4n) is 1.66. The van der Waals surface area contributed by atoms with Crippen molar-refractivity contribution in [3.8, 4) is 0 Å². The van der Waals surface area contributed by atoms with Gasteiger partial charge in [-0.25, -0.2) is 4.98 Å². The summed E-state index contributed by atoms with van der Waals surface area (Å²) in [5, 5.41) is 3.33. The molecule has 1 atom stereocenters. The Bertz CT molecular complexity index is 309. The van der Waals surface area contributed by atoms with Gasteiger partial charge in [0, 0.05) is 12.2 Å². The molecule has 4 nitrogen and oxygen atoms in total. The molecule has 1 unspecified atom stereocenters. The van der Waals surface area contributed by atoms with Crippen molar-refractivity contribution in [3.05, 3.63) is 12.3 Å². The standard InChI is InChI=1S/C10H16N4/c1-2-8(7-3-4-7)13-10-12-6-5-9(11)14-10/h5-8H,2-4H2,1H3,(H3,11,12,13,14). The Morgan fingerprint density at radius 2 is 2.43 bits per heavy atom. The lowest BCUT2D eigenvalue weighted by Crippen LogP contribution is -2.22. The van der Waals surface area contributed by atoms with Crippen LogP contribution in [0.4, 0.5) is 11.8 Å². The number of aromatic nitrogens is 2. The first-order chi connectivity index (χ1) is 6.79. The predicted molar refractivity (Wildman–Crippen MR) is 56.9 cm³/mol. The third kappa shape index (κ3) is 2.13. The van der Waals surface area contributed by atoms with Crippen LogP contribution < -0.4 is 11.1 Å². The molecule has 0 aromatic carbocycles. The van der Waals surface area contributed by atoms with E-state index in [1.165, 1.54) is 12.8 Å². The first-order valence-electron chi connectivity index (χ1n) is 5.14. The third-order valence-corrected chi connectivity index (χ3v) is 2.62. The van der Waals surface area contributed by atoms with Crippen molar-refractivity contribution in [1.29, 1.82) is 0 Å². The Kier molecular flexibility index (Phi) is 2.52. The van der Waals surface area contributed by atoms with E-state index in [-0.39, 0.29) is 0 Å². The van der Waals surface area contributed by atoms with Gasteiger partial charge in [0.25, 0.3) is 0 Å². The number of anilines is 2. The lowest BCUT2D eigenvalue weighted by atomic mass is 10.1.